The van der Waals surface area contributed by atoms with Crippen LogP contribution in [0.5, 0.6) is 17.2 Å². The number of carbonyl (C=O) groups excluding carboxylic acids is 2. The Hall–Kier alpha value is -4.38. The molecule has 1 unspecified atom stereocenters. The number of unbranched alkanes of at least 4 members (excludes halogenated alkanes) is 1. The molecule has 0 N–H and O–H groups in total. The molecular formula is C31H33N3O7S. The number of rotatable bonds is 9. The largest absolute Gasteiger partial charge is 0.493 e. The van der Waals surface area contributed by atoms with E-state index in [0.717, 1.165) is 29.9 Å². The van der Waals surface area contributed by atoms with Gasteiger partial charge in [-0.25, -0.2) is 9.79 Å². The standard InChI is InChI=1S/C31H33N3O7S/c1-7-9-14-33-20-13-11-10-12-19(20)24(28(33)35)27-29(36)34-25(18-15-21(38-4)26(40-6)22(16-18)39-5)23(30(37)41-8-2)17(3)32-31(34)42-27/h10-13,15-16,25H,7-9,14H2,1-6H3. The fourth-order valence-electron chi connectivity index (χ4n) is 5.45. The first kappa shape index (κ1) is 29.1. The minimum Gasteiger partial charge on any atom is -0.493 e. The summed E-state index contributed by atoms with van der Waals surface area (Å²) in [6.07, 6.45) is 1.76. The second kappa shape index (κ2) is 11.8. The molecule has 10 nitrogen and oxygen atoms in total. The van der Waals surface area contributed by atoms with Gasteiger partial charge in [-0.05, 0) is 44.0 Å². The predicted octanol–water partition coefficient (Wildman–Crippen LogP) is 3.34. The third kappa shape index (κ3) is 4.67. The molecule has 2 aliphatic heterocycles. The van der Waals surface area contributed by atoms with Gasteiger partial charge in [0, 0.05) is 12.1 Å². The number of ether oxygens (including phenoxy) is 4. The minimum absolute atomic E-state index is 0.144. The molecule has 0 spiro atoms. The van der Waals surface area contributed by atoms with E-state index in [1.165, 1.54) is 25.9 Å². The van der Waals surface area contributed by atoms with Gasteiger partial charge in [0.05, 0.1) is 56.5 Å². The summed E-state index contributed by atoms with van der Waals surface area (Å²) in [4.78, 5) is 48.3. The molecular weight excluding hydrogens is 558 g/mol. The summed E-state index contributed by atoms with van der Waals surface area (Å²) >= 11 is 1.14. The van der Waals surface area contributed by atoms with Gasteiger partial charge in [0.2, 0.25) is 5.75 Å². The number of allylic oxidation sites excluding steroid dienone is 1. The molecule has 1 aromatic heterocycles. The monoisotopic (exact) mass is 591 g/mol. The third-order valence-electron chi connectivity index (χ3n) is 7.38. The molecule has 1 amide bonds. The number of amides is 1. The van der Waals surface area contributed by atoms with Gasteiger partial charge in [0.1, 0.15) is 4.53 Å². The second-order valence-corrected chi connectivity index (χ2v) is 10.8. The van der Waals surface area contributed by atoms with E-state index in [1.807, 2.05) is 24.3 Å². The molecule has 0 radical (unpaired) electrons. The van der Waals surface area contributed by atoms with Gasteiger partial charge in [-0.3, -0.25) is 14.2 Å². The number of fused-ring (bicyclic) bond motifs is 2. The van der Waals surface area contributed by atoms with Gasteiger partial charge in [-0.2, -0.15) is 0 Å². The predicted molar refractivity (Wildman–Crippen MR) is 159 cm³/mol. The molecule has 2 aromatic carbocycles. The zero-order valence-corrected chi connectivity index (χ0v) is 25.3. The Bertz CT molecular complexity index is 1760. The van der Waals surface area contributed by atoms with Crippen LogP contribution < -0.4 is 34.0 Å². The molecule has 0 bridgehead atoms. The summed E-state index contributed by atoms with van der Waals surface area (Å²) in [7, 11) is 4.49. The van der Waals surface area contributed by atoms with E-state index in [-0.39, 0.29) is 22.6 Å². The zero-order chi connectivity index (χ0) is 30.1. The molecule has 42 heavy (non-hydrogen) atoms. The van der Waals surface area contributed by atoms with E-state index in [2.05, 4.69) is 11.9 Å². The first-order valence-corrected chi connectivity index (χ1v) is 14.6. The molecule has 0 fully saturated rings. The van der Waals surface area contributed by atoms with E-state index < -0.39 is 17.6 Å². The fourth-order valence-corrected chi connectivity index (χ4v) is 6.59. The number of hydrogen-bond donors (Lipinski definition) is 0. The van der Waals surface area contributed by atoms with E-state index in [9.17, 15) is 14.4 Å². The average Bonchev–Trinajstić information content (AvgIpc) is 3.46. The molecule has 0 saturated carbocycles. The van der Waals surface area contributed by atoms with Crippen LogP contribution in [0.1, 0.15) is 50.8 Å². The van der Waals surface area contributed by atoms with Crippen LogP contribution >= 0.6 is 11.3 Å². The Morgan fingerprint density at radius 3 is 2.33 bits per heavy atom. The number of aromatic nitrogens is 1. The van der Waals surface area contributed by atoms with Crippen molar-refractivity contribution >= 4 is 34.5 Å². The van der Waals surface area contributed by atoms with Crippen LogP contribution in [-0.2, 0) is 14.3 Å². The lowest BCUT2D eigenvalue weighted by Gasteiger charge is -2.26. The summed E-state index contributed by atoms with van der Waals surface area (Å²) < 4.78 is 23.8. The molecule has 0 aliphatic carbocycles. The maximum Gasteiger partial charge on any atom is 0.338 e. The smallest absolute Gasteiger partial charge is 0.338 e. The van der Waals surface area contributed by atoms with Crippen molar-refractivity contribution in [2.24, 2.45) is 4.99 Å². The van der Waals surface area contributed by atoms with E-state index in [0.29, 0.717) is 51.0 Å². The van der Waals surface area contributed by atoms with Gasteiger partial charge >= 0.3 is 5.97 Å². The average molecular weight is 592 g/mol. The lowest BCUT2D eigenvalue weighted by molar-refractivity contribution is -0.139. The molecule has 3 aromatic rings. The van der Waals surface area contributed by atoms with Crippen molar-refractivity contribution in [2.45, 2.75) is 39.7 Å². The van der Waals surface area contributed by atoms with Crippen molar-refractivity contribution < 1.29 is 28.5 Å². The second-order valence-electron chi connectivity index (χ2n) is 9.78. The van der Waals surface area contributed by atoms with E-state index >= 15 is 0 Å². The lowest BCUT2D eigenvalue weighted by Crippen LogP contribution is -2.41. The highest BCUT2D eigenvalue weighted by Crippen LogP contribution is 2.42. The highest BCUT2D eigenvalue weighted by Gasteiger charge is 2.38. The summed E-state index contributed by atoms with van der Waals surface area (Å²) in [5.74, 6) is 0.281. The van der Waals surface area contributed by atoms with Crippen molar-refractivity contribution in [3.8, 4) is 17.2 Å². The zero-order valence-electron chi connectivity index (χ0n) is 24.5. The van der Waals surface area contributed by atoms with E-state index in [1.54, 1.807) is 30.9 Å². The number of methoxy groups -OCH3 is 3. The molecule has 220 valence electrons. The number of carbonyl (C=O) groups is 2. The first-order chi connectivity index (χ1) is 20.3. The Balaban J connectivity index is 1.82. The summed E-state index contributed by atoms with van der Waals surface area (Å²) in [6, 6.07) is 9.97. The van der Waals surface area contributed by atoms with Gasteiger partial charge in [-0.1, -0.05) is 42.9 Å². The molecule has 1 atom stereocenters. The van der Waals surface area contributed by atoms with Crippen molar-refractivity contribution in [3.63, 3.8) is 0 Å². The van der Waals surface area contributed by atoms with Crippen LogP contribution in [0.4, 0.5) is 5.69 Å². The van der Waals surface area contributed by atoms with Crippen molar-refractivity contribution in [1.82, 2.24) is 4.57 Å². The Morgan fingerprint density at radius 2 is 1.71 bits per heavy atom. The van der Waals surface area contributed by atoms with Crippen molar-refractivity contribution in [1.29, 1.82) is 0 Å². The van der Waals surface area contributed by atoms with Crippen LogP contribution in [0.15, 0.2) is 57.5 Å². The normalized spacial score (nSPS) is 17.0. The van der Waals surface area contributed by atoms with Crippen LogP contribution in [0.2, 0.25) is 0 Å². The van der Waals surface area contributed by atoms with Crippen LogP contribution in [-0.4, -0.2) is 50.9 Å². The maximum absolute atomic E-state index is 14.4. The number of benzene rings is 2. The van der Waals surface area contributed by atoms with Gasteiger partial charge in [0.15, 0.2) is 16.3 Å². The molecule has 5 rings (SSSR count). The Labute approximate surface area is 247 Å². The van der Waals surface area contributed by atoms with Crippen molar-refractivity contribution in [3.05, 3.63) is 78.5 Å². The number of anilines is 1. The highest BCUT2D eigenvalue weighted by atomic mass is 32.1. The van der Waals surface area contributed by atoms with Crippen LogP contribution in [0, 0.1) is 0 Å². The summed E-state index contributed by atoms with van der Waals surface area (Å²) in [5.41, 5.74) is 2.54. The fraction of sp³-hybridized carbons (Fsp3) is 0.355. The van der Waals surface area contributed by atoms with Crippen LogP contribution in [0.3, 0.4) is 0 Å². The van der Waals surface area contributed by atoms with Gasteiger partial charge in [-0.15, -0.1) is 0 Å². The number of nitrogens with zero attached hydrogens (tertiary/aromatic N) is 3. The molecule has 11 heteroatoms. The Kier molecular flexibility index (Phi) is 8.22. The van der Waals surface area contributed by atoms with Gasteiger partial charge < -0.3 is 23.8 Å². The highest BCUT2D eigenvalue weighted by molar-refractivity contribution is 7.07. The first-order valence-electron chi connectivity index (χ1n) is 13.7. The maximum atomic E-state index is 14.4. The molecule has 0 saturated heterocycles. The number of thiazole rings is 1. The van der Waals surface area contributed by atoms with E-state index in [4.69, 9.17) is 18.9 Å². The SMILES string of the molecule is CCCCN1C(=O)C(=c2sc3n(c2=O)C(c2cc(OC)c(OC)c(OC)c2)C(C(=O)OCC)=C(C)N=3)c2ccccc21. The third-order valence-corrected chi connectivity index (χ3v) is 8.43. The number of esters is 1. The molecule has 2 aliphatic rings. The lowest BCUT2D eigenvalue weighted by atomic mass is 9.95. The topological polar surface area (TPSA) is 109 Å². The Morgan fingerprint density at radius 1 is 1.02 bits per heavy atom. The van der Waals surface area contributed by atoms with Crippen molar-refractivity contribution in [2.75, 3.05) is 39.4 Å². The number of hydrogen-bond acceptors (Lipinski definition) is 9. The summed E-state index contributed by atoms with van der Waals surface area (Å²) in [5, 5.41) is 0. The van der Waals surface area contributed by atoms with Crippen LogP contribution in [0.25, 0.3) is 5.57 Å². The minimum atomic E-state index is -0.925. The summed E-state index contributed by atoms with van der Waals surface area (Å²) in [6.45, 7) is 6.18. The molecule has 3 heterocycles. The van der Waals surface area contributed by atoms with Gasteiger partial charge in [0.25, 0.3) is 11.5 Å². The number of para-hydroxylation sites is 1. The quantitative estimate of drug-likeness (QED) is 0.351.